The smallest absolute Gasteiger partial charge is 0.0940 e. The Labute approximate surface area is 104 Å². The molecule has 0 saturated carbocycles. The first-order chi connectivity index (χ1) is 8.00. The molecule has 0 aromatic carbocycles. The predicted molar refractivity (Wildman–Crippen MR) is 66.9 cm³/mol. The molecule has 1 fully saturated rings. The molecular weight excluding hydrogens is 220 g/mol. The van der Waals surface area contributed by atoms with Gasteiger partial charge in [-0.2, -0.15) is 0 Å². The number of nitrogens with zero attached hydrogens (tertiary/aromatic N) is 1. The second kappa shape index (κ2) is 6.66. The standard InChI is InChI=1S/C12H26N2O3/c1-4-16-10(5-13)6-14-7-11(8-15)17-12(2,3)9-14/h10-11,15H,4-9,13H2,1-3H3. The van der Waals surface area contributed by atoms with Crippen LogP contribution in [0, 0.1) is 0 Å². The van der Waals surface area contributed by atoms with Crippen molar-refractivity contribution in [2.45, 2.75) is 38.6 Å². The number of aliphatic hydroxyl groups excluding tert-OH is 1. The molecule has 102 valence electrons. The molecule has 1 rings (SSSR count). The first-order valence-electron chi connectivity index (χ1n) is 6.33. The lowest BCUT2D eigenvalue weighted by atomic mass is 10.0. The number of ether oxygens (including phenoxy) is 2. The van der Waals surface area contributed by atoms with Crippen LogP contribution in [0.4, 0.5) is 0 Å². The van der Waals surface area contributed by atoms with Crippen molar-refractivity contribution in [1.29, 1.82) is 0 Å². The maximum Gasteiger partial charge on any atom is 0.0940 e. The lowest BCUT2D eigenvalue weighted by Crippen LogP contribution is -2.56. The molecule has 1 aliphatic heterocycles. The van der Waals surface area contributed by atoms with Crippen LogP contribution in [0.5, 0.6) is 0 Å². The molecule has 2 unspecified atom stereocenters. The molecule has 0 aromatic heterocycles. The third-order valence-electron chi connectivity index (χ3n) is 2.88. The van der Waals surface area contributed by atoms with E-state index in [1.807, 2.05) is 20.8 Å². The molecule has 2 atom stereocenters. The zero-order valence-electron chi connectivity index (χ0n) is 11.2. The van der Waals surface area contributed by atoms with Crippen LogP contribution in [0.15, 0.2) is 0 Å². The lowest BCUT2D eigenvalue weighted by molar-refractivity contribution is -0.154. The number of nitrogens with two attached hydrogens (primary N) is 1. The predicted octanol–water partition coefficient (Wildman–Crippen LogP) is -0.178. The van der Waals surface area contributed by atoms with Crippen LogP contribution in [0.25, 0.3) is 0 Å². The molecule has 17 heavy (non-hydrogen) atoms. The summed E-state index contributed by atoms with van der Waals surface area (Å²) in [6.07, 6.45) is -0.0490. The third-order valence-corrected chi connectivity index (χ3v) is 2.88. The largest absolute Gasteiger partial charge is 0.394 e. The third kappa shape index (κ3) is 4.89. The van der Waals surface area contributed by atoms with Crippen LogP contribution < -0.4 is 5.73 Å². The van der Waals surface area contributed by atoms with Crippen molar-refractivity contribution in [1.82, 2.24) is 4.90 Å². The molecule has 1 heterocycles. The monoisotopic (exact) mass is 246 g/mol. The van der Waals surface area contributed by atoms with E-state index in [-0.39, 0.29) is 24.4 Å². The van der Waals surface area contributed by atoms with Gasteiger partial charge in [-0.25, -0.2) is 0 Å². The van der Waals surface area contributed by atoms with E-state index >= 15 is 0 Å². The van der Waals surface area contributed by atoms with Crippen molar-refractivity contribution < 1.29 is 14.6 Å². The van der Waals surface area contributed by atoms with Gasteiger partial charge in [0.2, 0.25) is 0 Å². The van der Waals surface area contributed by atoms with Crippen molar-refractivity contribution in [3.8, 4) is 0 Å². The van der Waals surface area contributed by atoms with Crippen LogP contribution in [0.3, 0.4) is 0 Å². The van der Waals surface area contributed by atoms with Gasteiger partial charge in [0.05, 0.1) is 24.4 Å². The molecule has 0 bridgehead atoms. The van der Waals surface area contributed by atoms with Crippen molar-refractivity contribution in [2.24, 2.45) is 5.73 Å². The van der Waals surface area contributed by atoms with Crippen LogP contribution in [0.2, 0.25) is 0 Å². The molecule has 3 N–H and O–H groups in total. The highest BCUT2D eigenvalue weighted by atomic mass is 16.5. The number of rotatable bonds is 6. The Morgan fingerprint density at radius 1 is 1.59 bits per heavy atom. The molecular formula is C12H26N2O3. The van der Waals surface area contributed by atoms with Gasteiger partial charge in [-0.15, -0.1) is 0 Å². The fraction of sp³-hybridized carbons (Fsp3) is 1.00. The van der Waals surface area contributed by atoms with Crippen LogP contribution in [-0.4, -0.2) is 67.2 Å². The maximum absolute atomic E-state index is 9.23. The first-order valence-corrected chi connectivity index (χ1v) is 6.33. The molecule has 0 radical (unpaired) electrons. The van der Waals surface area contributed by atoms with Gasteiger partial charge < -0.3 is 20.3 Å². The second-order valence-corrected chi connectivity index (χ2v) is 5.19. The van der Waals surface area contributed by atoms with E-state index in [1.165, 1.54) is 0 Å². The Hall–Kier alpha value is -0.200. The summed E-state index contributed by atoms with van der Waals surface area (Å²) < 4.78 is 11.3. The van der Waals surface area contributed by atoms with E-state index in [4.69, 9.17) is 15.2 Å². The number of hydrogen-bond acceptors (Lipinski definition) is 5. The Kier molecular flexibility index (Phi) is 5.82. The summed E-state index contributed by atoms with van der Waals surface area (Å²) in [5, 5.41) is 9.23. The summed E-state index contributed by atoms with van der Waals surface area (Å²) in [5.74, 6) is 0. The summed E-state index contributed by atoms with van der Waals surface area (Å²) in [6.45, 7) is 9.70. The topological polar surface area (TPSA) is 68.0 Å². The fourth-order valence-corrected chi connectivity index (χ4v) is 2.37. The minimum absolute atomic E-state index is 0.0574. The number of aliphatic hydroxyl groups is 1. The van der Waals surface area contributed by atoms with Crippen LogP contribution in [-0.2, 0) is 9.47 Å². The van der Waals surface area contributed by atoms with Gasteiger partial charge in [-0.3, -0.25) is 4.90 Å². The molecule has 5 nitrogen and oxygen atoms in total. The minimum atomic E-state index is -0.225. The van der Waals surface area contributed by atoms with Gasteiger partial charge in [-0.05, 0) is 20.8 Å². The highest BCUT2D eigenvalue weighted by molar-refractivity contribution is 4.85. The molecule has 0 aliphatic carbocycles. The van der Waals surface area contributed by atoms with E-state index < -0.39 is 0 Å². The molecule has 0 amide bonds. The van der Waals surface area contributed by atoms with E-state index in [0.29, 0.717) is 13.2 Å². The lowest BCUT2D eigenvalue weighted by Gasteiger charge is -2.43. The van der Waals surface area contributed by atoms with E-state index in [0.717, 1.165) is 19.6 Å². The average molecular weight is 246 g/mol. The van der Waals surface area contributed by atoms with Gasteiger partial charge in [0.15, 0.2) is 0 Å². The van der Waals surface area contributed by atoms with Crippen molar-refractivity contribution >= 4 is 0 Å². The van der Waals surface area contributed by atoms with Crippen molar-refractivity contribution in [3.05, 3.63) is 0 Å². The zero-order valence-corrected chi connectivity index (χ0v) is 11.2. The van der Waals surface area contributed by atoms with Crippen LogP contribution >= 0.6 is 0 Å². The Morgan fingerprint density at radius 3 is 2.82 bits per heavy atom. The minimum Gasteiger partial charge on any atom is -0.394 e. The van der Waals surface area contributed by atoms with E-state index in [1.54, 1.807) is 0 Å². The Balaban J connectivity index is 2.51. The fourth-order valence-electron chi connectivity index (χ4n) is 2.37. The molecule has 0 aromatic rings. The van der Waals surface area contributed by atoms with Gasteiger partial charge in [0.25, 0.3) is 0 Å². The normalized spacial score (nSPS) is 27.0. The molecule has 5 heteroatoms. The highest BCUT2D eigenvalue weighted by Gasteiger charge is 2.33. The van der Waals surface area contributed by atoms with Gasteiger partial charge in [-0.1, -0.05) is 0 Å². The van der Waals surface area contributed by atoms with Gasteiger partial charge in [0, 0.05) is 32.8 Å². The average Bonchev–Trinajstić information content (AvgIpc) is 2.26. The van der Waals surface area contributed by atoms with Crippen molar-refractivity contribution in [3.63, 3.8) is 0 Å². The van der Waals surface area contributed by atoms with Crippen molar-refractivity contribution in [2.75, 3.05) is 39.4 Å². The molecule has 1 saturated heterocycles. The molecule has 1 aliphatic rings. The Morgan fingerprint density at radius 2 is 2.29 bits per heavy atom. The second-order valence-electron chi connectivity index (χ2n) is 5.19. The number of hydrogen-bond donors (Lipinski definition) is 2. The first kappa shape index (κ1) is 14.9. The zero-order chi connectivity index (χ0) is 12.9. The number of morpholine rings is 1. The van der Waals surface area contributed by atoms with Crippen LogP contribution in [0.1, 0.15) is 20.8 Å². The van der Waals surface area contributed by atoms with E-state index in [2.05, 4.69) is 4.90 Å². The summed E-state index contributed by atoms with van der Waals surface area (Å²) in [7, 11) is 0. The summed E-state index contributed by atoms with van der Waals surface area (Å²) in [4.78, 5) is 2.26. The highest BCUT2D eigenvalue weighted by Crippen LogP contribution is 2.21. The summed E-state index contributed by atoms with van der Waals surface area (Å²) >= 11 is 0. The summed E-state index contributed by atoms with van der Waals surface area (Å²) in [6, 6.07) is 0. The maximum atomic E-state index is 9.23. The SMILES string of the molecule is CCOC(CN)CN1CC(CO)OC(C)(C)C1. The quantitative estimate of drug-likeness (QED) is 0.680. The molecule has 0 spiro atoms. The summed E-state index contributed by atoms with van der Waals surface area (Å²) in [5.41, 5.74) is 5.45. The Bertz CT molecular complexity index is 224. The van der Waals surface area contributed by atoms with Gasteiger partial charge in [0.1, 0.15) is 0 Å². The van der Waals surface area contributed by atoms with E-state index in [9.17, 15) is 5.11 Å². The van der Waals surface area contributed by atoms with Gasteiger partial charge >= 0.3 is 0 Å².